The van der Waals surface area contributed by atoms with Crippen LogP contribution in [0.15, 0.2) is 17.5 Å². The predicted octanol–water partition coefficient (Wildman–Crippen LogP) is 2.81. The number of halogens is 1. The summed E-state index contributed by atoms with van der Waals surface area (Å²) in [7, 11) is 0. The highest BCUT2D eigenvalue weighted by Crippen LogP contribution is 2.28. The Morgan fingerprint density at radius 3 is 2.81 bits per heavy atom. The number of nitrogens with zero attached hydrogens (tertiary/aromatic N) is 2. The summed E-state index contributed by atoms with van der Waals surface area (Å²) in [5, 5.41) is 25.1. The Bertz CT molecular complexity index is 717. The van der Waals surface area contributed by atoms with Gasteiger partial charge < -0.3 is 10.4 Å². The maximum absolute atomic E-state index is 13.6. The van der Waals surface area contributed by atoms with E-state index < -0.39 is 28.0 Å². The Kier molecular flexibility index (Phi) is 4.13. The zero-order valence-electron chi connectivity index (χ0n) is 10.8. The average Bonchev–Trinajstić information content (AvgIpc) is 2.81. The van der Waals surface area contributed by atoms with E-state index in [9.17, 15) is 19.3 Å². The first-order valence-electron chi connectivity index (χ1n) is 5.74. The molecule has 1 heterocycles. The number of anilines is 1. The molecule has 110 valence electrons. The fourth-order valence-corrected chi connectivity index (χ4v) is 2.31. The van der Waals surface area contributed by atoms with Crippen LogP contribution < -0.4 is 5.32 Å². The van der Waals surface area contributed by atoms with Crippen LogP contribution in [-0.2, 0) is 6.54 Å². The van der Waals surface area contributed by atoms with Crippen LogP contribution in [0.4, 0.5) is 15.8 Å². The first kappa shape index (κ1) is 14.9. The highest BCUT2D eigenvalue weighted by Gasteiger charge is 2.21. The van der Waals surface area contributed by atoms with Crippen molar-refractivity contribution in [1.82, 2.24) is 4.98 Å². The third kappa shape index (κ3) is 3.31. The fraction of sp³-hybridized carbons (Fsp3) is 0.167. The number of hydrogen-bond acceptors (Lipinski definition) is 6. The molecule has 0 fully saturated rings. The quantitative estimate of drug-likeness (QED) is 0.649. The number of rotatable bonds is 5. The molecule has 0 radical (unpaired) electrons. The van der Waals surface area contributed by atoms with Crippen LogP contribution in [-0.4, -0.2) is 21.0 Å². The normalized spacial score (nSPS) is 10.4. The summed E-state index contributed by atoms with van der Waals surface area (Å²) < 4.78 is 13.6. The van der Waals surface area contributed by atoms with Crippen molar-refractivity contribution < 1.29 is 19.2 Å². The zero-order chi connectivity index (χ0) is 15.6. The molecule has 1 aromatic heterocycles. The summed E-state index contributed by atoms with van der Waals surface area (Å²) in [6.07, 6.45) is 0. The largest absolute Gasteiger partial charge is 0.478 e. The SMILES string of the molecule is Cc1nc(CNc2cc(F)c(C(=O)O)cc2[N+](=O)[O-])cs1. The van der Waals surface area contributed by atoms with Gasteiger partial charge in [-0.15, -0.1) is 11.3 Å². The molecule has 7 nitrogen and oxygen atoms in total. The van der Waals surface area contributed by atoms with E-state index in [1.54, 1.807) is 5.38 Å². The second-order valence-electron chi connectivity index (χ2n) is 4.12. The van der Waals surface area contributed by atoms with Crippen molar-refractivity contribution in [2.45, 2.75) is 13.5 Å². The number of aromatic nitrogens is 1. The summed E-state index contributed by atoms with van der Waals surface area (Å²) in [6.45, 7) is 2.00. The molecular weight excluding hydrogens is 301 g/mol. The van der Waals surface area contributed by atoms with Gasteiger partial charge in [0.15, 0.2) is 0 Å². The van der Waals surface area contributed by atoms with E-state index >= 15 is 0 Å². The van der Waals surface area contributed by atoms with Gasteiger partial charge in [0, 0.05) is 17.5 Å². The summed E-state index contributed by atoms with van der Waals surface area (Å²) in [6, 6.07) is 1.51. The monoisotopic (exact) mass is 311 g/mol. The molecule has 2 N–H and O–H groups in total. The third-order valence-corrected chi connectivity index (χ3v) is 3.46. The summed E-state index contributed by atoms with van der Waals surface area (Å²) in [4.78, 5) is 25.2. The molecule has 0 spiro atoms. The number of hydrogen-bond donors (Lipinski definition) is 2. The minimum absolute atomic E-state index is 0.0897. The van der Waals surface area contributed by atoms with Crippen LogP contribution in [0, 0.1) is 22.9 Å². The van der Waals surface area contributed by atoms with Gasteiger partial charge in [-0.3, -0.25) is 10.1 Å². The standard InChI is InChI=1S/C12H10FN3O4S/c1-6-15-7(5-21-6)4-14-10-3-9(13)8(12(17)18)2-11(10)16(19)20/h2-3,5,14H,4H2,1H3,(H,17,18). The highest BCUT2D eigenvalue weighted by molar-refractivity contribution is 7.09. The van der Waals surface area contributed by atoms with Crippen molar-refractivity contribution in [2.75, 3.05) is 5.32 Å². The molecule has 21 heavy (non-hydrogen) atoms. The van der Waals surface area contributed by atoms with E-state index in [0.29, 0.717) is 11.8 Å². The number of carboxylic acid groups (broad SMARTS) is 1. The number of carbonyl (C=O) groups is 1. The first-order valence-corrected chi connectivity index (χ1v) is 6.62. The van der Waals surface area contributed by atoms with Gasteiger partial charge in [-0.25, -0.2) is 14.2 Å². The predicted molar refractivity (Wildman–Crippen MR) is 74.2 cm³/mol. The maximum atomic E-state index is 13.6. The van der Waals surface area contributed by atoms with Gasteiger partial charge in [-0.05, 0) is 6.92 Å². The fourth-order valence-electron chi connectivity index (χ4n) is 1.69. The Balaban J connectivity index is 2.31. The smallest absolute Gasteiger partial charge is 0.338 e. The van der Waals surface area contributed by atoms with Gasteiger partial charge >= 0.3 is 5.97 Å². The number of aryl methyl sites for hydroxylation is 1. The van der Waals surface area contributed by atoms with Crippen LogP contribution in [0.5, 0.6) is 0 Å². The summed E-state index contributed by atoms with van der Waals surface area (Å²) in [5.74, 6) is -2.60. The molecule has 0 aliphatic rings. The highest BCUT2D eigenvalue weighted by atomic mass is 32.1. The molecule has 0 amide bonds. The second kappa shape index (κ2) is 5.83. The molecule has 9 heteroatoms. The molecule has 0 saturated carbocycles. The van der Waals surface area contributed by atoms with Crippen LogP contribution in [0.3, 0.4) is 0 Å². The van der Waals surface area contributed by atoms with Gasteiger partial charge in [0.05, 0.1) is 22.2 Å². The maximum Gasteiger partial charge on any atom is 0.338 e. The van der Waals surface area contributed by atoms with Crippen LogP contribution >= 0.6 is 11.3 Å². The first-order chi connectivity index (χ1) is 9.88. The van der Waals surface area contributed by atoms with Crippen molar-refractivity contribution in [2.24, 2.45) is 0 Å². The van der Waals surface area contributed by atoms with E-state index in [2.05, 4.69) is 10.3 Å². The third-order valence-electron chi connectivity index (χ3n) is 2.64. The van der Waals surface area contributed by atoms with E-state index in [0.717, 1.165) is 11.1 Å². The Hall–Kier alpha value is -2.55. The van der Waals surface area contributed by atoms with Gasteiger partial charge in [0.2, 0.25) is 0 Å². The number of benzene rings is 1. The Morgan fingerprint density at radius 2 is 2.29 bits per heavy atom. The molecule has 0 aliphatic heterocycles. The average molecular weight is 311 g/mol. The van der Waals surface area contributed by atoms with Gasteiger partial charge in [-0.1, -0.05) is 0 Å². The summed E-state index contributed by atoms with van der Waals surface area (Å²) >= 11 is 1.42. The summed E-state index contributed by atoms with van der Waals surface area (Å²) in [5.41, 5.74) is -0.667. The number of aromatic carboxylic acids is 1. The number of carboxylic acids is 1. The van der Waals surface area contributed by atoms with Gasteiger partial charge in [0.1, 0.15) is 17.1 Å². The van der Waals surface area contributed by atoms with Crippen molar-refractivity contribution in [3.63, 3.8) is 0 Å². The second-order valence-corrected chi connectivity index (χ2v) is 5.19. The minimum atomic E-state index is -1.56. The lowest BCUT2D eigenvalue weighted by Gasteiger charge is -2.07. The molecule has 0 unspecified atom stereocenters. The Morgan fingerprint density at radius 1 is 1.57 bits per heavy atom. The lowest BCUT2D eigenvalue weighted by molar-refractivity contribution is -0.384. The molecule has 2 aromatic rings. The number of nitro benzene ring substituents is 1. The van der Waals surface area contributed by atoms with Gasteiger partial charge in [-0.2, -0.15) is 0 Å². The molecule has 0 aliphatic carbocycles. The lowest BCUT2D eigenvalue weighted by atomic mass is 10.1. The zero-order valence-corrected chi connectivity index (χ0v) is 11.6. The molecule has 1 aromatic carbocycles. The molecule has 0 bridgehead atoms. The molecule has 0 saturated heterocycles. The van der Waals surface area contributed by atoms with Crippen LogP contribution in [0.25, 0.3) is 0 Å². The molecule has 2 rings (SSSR count). The lowest BCUT2D eigenvalue weighted by Crippen LogP contribution is -2.07. The van der Waals surface area contributed by atoms with Crippen molar-refractivity contribution in [3.8, 4) is 0 Å². The van der Waals surface area contributed by atoms with Crippen molar-refractivity contribution in [1.29, 1.82) is 0 Å². The van der Waals surface area contributed by atoms with E-state index in [1.807, 2.05) is 6.92 Å². The van der Waals surface area contributed by atoms with Crippen molar-refractivity contribution in [3.05, 3.63) is 49.7 Å². The van der Waals surface area contributed by atoms with E-state index in [4.69, 9.17) is 5.11 Å². The van der Waals surface area contributed by atoms with Crippen molar-refractivity contribution >= 4 is 28.7 Å². The van der Waals surface area contributed by atoms with Crippen LogP contribution in [0.1, 0.15) is 21.1 Å². The van der Waals surface area contributed by atoms with E-state index in [-0.39, 0.29) is 12.2 Å². The number of nitrogens with one attached hydrogen (secondary N) is 1. The van der Waals surface area contributed by atoms with E-state index in [1.165, 1.54) is 11.3 Å². The minimum Gasteiger partial charge on any atom is -0.478 e. The number of nitro groups is 1. The number of thiazole rings is 1. The Labute approximate surface area is 122 Å². The van der Waals surface area contributed by atoms with Crippen LogP contribution in [0.2, 0.25) is 0 Å². The molecular formula is C12H10FN3O4S. The van der Waals surface area contributed by atoms with Gasteiger partial charge in [0.25, 0.3) is 5.69 Å². The molecule has 0 atom stereocenters. The topological polar surface area (TPSA) is 105 Å².